The third kappa shape index (κ3) is 4.24. The number of hydrogen-bond acceptors (Lipinski definition) is 3. The highest BCUT2D eigenvalue weighted by Crippen LogP contribution is 2.12. The van der Waals surface area contributed by atoms with Gasteiger partial charge in [-0.15, -0.1) is 24.8 Å². The molecule has 0 amide bonds. The van der Waals surface area contributed by atoms with E-state index in [0.29, 0.717) is 6.04 Å². The Balaban J connectivity index is 0.000000980. The van der Waals surface area contributed by atoms with Crippen molar-refractivity contribution in [2.24, 2.45) is 0 Å². The van der Waals surface area contributed by atoms with Gasteiger partial charge in [-0.1, -0.05) is 0 Å². The molecule has 0 aromatic carbocycles. The van der Waals surface area contributed by atoms with Crippen LogP contribution in [0.3, 0.4) is 0 Å². The molecule has 5 heteroatoms. The van der Waals surface area contributed by atoms with Crippen LogP contribution < -0.4 is 10.1 Å². The molecule has 1 aliphatic heterocycles. The van der Waals surface area contributed by atoms with Crippen LogP contribution in [0.4, 0.5) is 0 Å². The van der Waals surface area contributed by atoms with Gasteiger partial charge in [0.15, 0.2) is 0 Å². The van der Waals surface area contributed by atoms with Crippen molar-refractivity contribution in [2.75, 3.05) is 13.2 Å². The number of nitrogens with one attached hydrogen (secondary N) is 1. The topological polar surface area (TPSA) is 34.1 Å². The van der Waals surface area contributed by atoms with Gasteiger partial charge in [-0.05, 0) is 31.5 Å². The molecule has 0 unspecified atom stereocenters. The fraction of sp³-hybridized carbons (Fsp3) is 0.500. The third-order valence-electron chi connectivity index (χ3n) is 2.23. The van der Waals surface area contributed by atoms with Gasteiger partial charge in [0, 0.05) is 12.2 Å². The molecule has 1 atom stereocenters. The summed E-state index contributed by atoms with van der Waals surface area (Å²) in [6.07, 6.45) is 4.80. The summed E-state index contributed by atoms with van der Waals surface area (Å²) in [5.41, 5.74) is 1.14. The Labute approximate surface area is 102 Å². The Kier molecular flexibility index (Phi) is 6.65. The van der Waals surface area contributed by atoms with Crippen molar-refractivity contribution < 1.29 is 4.74 Å². The molecule has 1 saturated heterocycles. The number of rotatable bonds is 3. The van der Waals surface area contributed by atoms with Crippen LogP contribution in [0.5, 0.6) is 5.75 Å². The van der Waals surface area contributed by atoms with E-state index in [1.807, 2.05) is 19.2 Å². The Bertz CT molecular complexity index is 293. The van der Waals surface area contributed by atoms with E-state index in [0.717, 1.165) is 24.5 Å². The predicted octanol–water partition coefficient (Wildman–Crippen LogP) is 1.97. The van der Waals surface area contributed by atoms with Crippen molar-refractivity contribution in [2.45, 2.75) is 19.4 Å². The van der Waals surface area contributed by atoms with Gasteiger partial charge in [-0.2, -0.15) is 0 Å². The van der Waals surface area contributed by atoms with Crippen LogP contribution in [0.15, 0.2) is 18.5 Å². The molecule has 2 rings (SSSR count). The summed E-state index contributed by atoms with van der Waals surface area (Å²) in [5.74, 6) is 0.869. The summed E-state index contributed by atoms with van der Waals surface area (Å²) >= 11 is 0. The molecule has 0 spiro atoms. The van der Waals surface area contributed by atoms with Crippen molar-refractivity contribution >= 4 is 24.8 Å². The summed E-state index contributed by atoms with van der Waals surface area (Å²) in [6, 6.07) is 2.55. The molecule has 0 radical (unpaired) electrons. The van der Waals surface area contributed by atoms with Crippen molar-refractivity contribution in [3.8, 4) is 5.75 Å². The second-order valence-corrected chi connectivity index (χ2v) is 3.45. The van der Waals surface area contributed by atoms with Crippen LogP contribution in [0.25, 0.3) is 0 Å². The Morgan fingerprint density at radius 3 is 2.73 bits per heavy atom. The first-order valence-corrected chi connectivity index (χ1v) is 4.62. The zero-order valence-electron chi connectivity index (χ0n) is 8.60. The molecule has 1 aromatic rings. The molecular formula is C10H16Cl2N2O. The minimum absolute atomic E-state index is 0. The molecule has 3 nitrogen and oxygen atoms in total. The van der Waals surface area contributed by atoms with Gasteiger partial charge in [-0.25, -0.2) is 0 Å². The van der Waals surface area contributed by atoms with E-state index >= 15 is 0 Å². The van der Waals surface area contributed by atoms with E-state index < -0.39 is 0 Å². The van der Waals surface area contributed by atoms with Crippen molar-refractivity contribution in [3.63, 3.8) is 0 Å². The first-order valence-electron chi connectivity index (χ1n) is 4.62. The first-order chi connectivity index (χ1) is 6.34. The minimum atomic E-state index is 0. The number of pyridine rings is 1. The molecule has 15 heavy (non-hydrogen) atoms. The van der Waals surface area contributed by atoms with E-state index in [9.17, 15) is 0 Å². The molecule has 0 aliphatic carbocycles. The number of hydrogen-bond donors (Lipinski definition) is 1. The summed E-state index contributed by atoms with van der Waals surface area (Å²) in [4.78, 5) is 4.06. The second-order valence-electron chi connectivity index (χ2n) is 3.45. The second kappa shape index (κ2) is 6.88. The van der Waals surface area contributed by atoms with Gasteiger partial charge in [0.2, 0.25) is 0 Å². The van der Waals surface area contributed by atoms with Gasteiger partial charge in [0.05, 0.1) is 6.20 Å². The Morgan fingerprint density at radius 1 is 1.47 bits per heavy atom. The SMILES string of the molecule is Cc1cncc(OC[C@H]2CCN2)c1.Cl.Cl. The number of aromatic nitrogens is 1. The van der Waals surface area contributed by atoms with E-state index in [4.69, 9.17) is 4.74 Å². The number of aryl methyl sites for hydroxylation is 1. The van der Waals surface area contributed by atoms with Gasteiger partial charge in [0.25, 0.3) is 0 Å². The van der Waals surface area contributed by atoms with Gasteiger partial charge >= 0.3 is 0 Å². The minimum Gasteiger partial charge on any atom is -0.490 e. The van der Waals surface area contributed by atoms with Crippen LogP contribution in [0.2, 0.25) is 0 Å². The number of ether oxygens (including phenoxy) is 1. The summed E-state index contributed by atoms with van der Waals surface area (Å²) in [5, 5.41) is 3.28. The lowest BCUT2D eigenvalue weighted by Crippen LogP contribution is -2.46. The molecule has 86 valence electrons. The van der Waals surface area contributed by atoms with Crippen LogP contribution >= 0.6 is 24.8 Å². The van der Waals surface area contributed by atoms with E-state index in [1.165, 1.54) is 6.42 Å². The summed E-state index contributed by atoms with van der Waals surface area (Å²) in [6.45, 7) is 3.90. The lowest BCUT2D eigenvalue weighted by atomic mass is 10.1. The lowest BCUT2D eigenvalue weighted by Gasteiger charge is -2.27. The van der Waals surface area contributed by atoms with Crippen LogP contribution in [-0.2, 0) is 0 Å². The van der Waals surface area contributed by atoms with Crippen LogP contribution in [-0.4, -0.2) is 24.2 Å². The fourth-order valence-corrected chi connectivity index (χ4v) is 1.29. The highest BCUT2D eigenvalue weighted by molar-refractivity contribution is 5.85. The first kappa shape index (κ1) is 14.5. The zero-order valence-corrected chi connectivity index (χ0v) is 10.2. The highest BCUT2D eigenvalue weighted by Gasteiger charge is 2.16. The monoisotopic (exact) mass is 250 g/mol. The molecule has 0 bridgehead atoms. The van der Waals surface area contributed by atoms with E-state index in [2.05, 4.69) is 10.3 Å². The van der Waals surface area contributed by atoms with Crippen molar-refractivity contribution in [1.82, 2.24) is 10.3 Å². The molecule has 2 heterocycles. The third-order valence-corrected chi connectivity index (χ3v) is 2.23. The normalized spacial score (nSPS) is 18.1. The highest BCUT2D eigenvalue weighted by atomic mass is 35.5. The maximum atomic E-state index is 5.57. The molecule has 1 aromatic heterocycles. The van der Waals surface area contributed by atoms with Gasteiger partial charge in [0.1, 0.15) is 12.4 Å². The molecule has 1 N–H and O–H groups in total. The van der Waals surface area contributed by atoms with Crippen molar-refractivity contribution in [3.05, 3.63) is 24.0 Å². The van der Waals surface area contributed by atoms with Crippen molar-refractivity contribution in [1.29, 1.82) is 0 Å². The standard InChI is InChI=1S/C10H14N2O.2ClH/c1-8-4-10(6-11-5-8)13-7-9-2-3-12-9;;/h4-6,9,12H,2-3,7H2,1H3;2*1H/t9-;;/m1../s1. The number of nitrogens with zero attached hydrogens (tertiary/aromatic N) is 1. The molecule has 1 aliphatic rings. The zero-order chi connectivity index (χ0) is 9.10. The summed E-state index contributed by atoms with van der Waals surface area (Å²) < 4.78 is 5.57. The van der Waals surface area contributed by atoms with Gasteiger partial charge in [-0.3, -0.25) is 4.98 Å². The Hall–Kier alpha value is -0.510. The molecule has 0 saturated carbocycles. The number of halogens is 2. The Morgan fingerprint density at radius 2 is 2.20 bits per heavy atom. The maximum Gasteiger partial charge on any atom is 0.137 e. The largest absolute Gasteiger partial charge is 0.490 e. The lowest BCUT2D eigenvalue weighted by molar-refractivity contribution is 0.217. The van der Waals surface area contributed by atoms with Crippen LogP contribution in [0.1, 0.15) is 12.0 Å². The fourth-order valence-electron chi connectivity index (χ4n) is 1.29. The van der Waals surface area contributed by atoms with Gasteiger partial charge < -0.3 is 10.1 Å². The smallest absolute Gasteiger partial charge is 0.137 e. The van der Waals surface area contributed by atoms with E-state index in [-0.39, 0.29) is 24.8 Å². The predicted molar refractivity (Wildman–Crippen MR) is 65.4 cm³/mol. The molecular weight excluding hydrogens is 235 g/mol. The molecule has 1 fully saturated rings. The maximum absolute atomic E-state index is 5.57. The van der Waals surface area contributed by atoms with Crippen LogP contribution in [0, 0.1) is 6.92 Å². The average molecular weight is 251 g/mol. The average Bonchev–Trinajstić information content (AvgIpc) is 2.01. The summed E-state index contributed by atoms with van der Waals surface area (Å²) in [7, 11) is 0. The quantitative estimate of drug-likeness (QED) is 0.891. The van der Waals surface area contributed by atoms with E-state index in [1.54, 1.807) is 6.20 Å².